The molecule has 1 atom stereocenters. The summed E-state index contributed by atoms with van der Waals surface area (Å²) in [5.74, 6) is 0.233. The van der Waals surface area contributed by atoms with Crippen molar-refractivity contribution in [2.24, 2.45) is 0 Å². The van der Waals surface area contributed by atoms with Gasteiger partial charge in [0.05, 0.1) is 0 Å². The Kier molecular flexibility index (Phi) is 7.21. The van der Waals surface area contributed by atoms with Crippen molar-refractivity contribution >= 4 is 33.4 Å². The molecule has 2 rings (SSSR count). The lowest BCUT2D eigenvalue weighted by molar-refractivity contribution is -0.127. The van der Waals surface area contributed by atoms with Crippen LogP contribution in [0.15, 0.2) is 46.9 Å². The summed E-state index contributed by atoms with van der Waals surface area (Å²) in [4.78, 5) is 24.1. The SMILES string of the molecule is Cc1ccc(OC(C)C(=O)NCCC(=O)Nc2cc(Br)ccc2C)cc1. The van der Waals surface area contributed by atoms with Crippen LogP contribution < -0.4 is 15.4 Å². The number of hydrogen-bond donors (Lipinski definition) is 2. The number of rotatable bonds is 7. The third-order valence-corrected chi connectivity index (χ3v) is 4.32. The Morgan fingerprint density at radius 3 is 2.50 bits per heavy atom. The molecule has 0 spiro atoms. The van der Waals surface area contributed by atoms with Crippen molar-refractivity contribution in [2.75, 3.05) is 11.9 Å². The average Bonchev–Trinajstić information content (AvgIpc) is 2.60. The van der Waals surface area contributed by atoms with Gasteiger partial charge in [0.2, 0.25) is 5.91 Å². The molecule has 0 heterocycles. The summed E-state index contributed by atoms with van der Waals surface area (Å²) in [6.45, 7) is 5.84. The van der Waals surface area contributed by atoms with Crippen LogP contribution >= 0.6 is 15.9 Å². The summed E-state index contributed by atoms with van der Waals surface area (Å²) in [6.07, 6.45) is -0.442. The topological polar surface area (TPSA) is 67.4 Å². The first-order valence-corrected chi connectivity index (χ1v) is 9.21. The van der Waals surface area contributed by atoms with E-state index in [1.165, 1.54) is 0 Å². The highest BCUT2D eigenvalue weighted by Crippen LogP contribution is 2.20. The molecule has 0 bridgehead atoms. The lowest BCUT2D eigenvalue weighted by atomic mass is 10.2. The first-order valence-electron chi connectivity index (χ1n) is 8.42. The van der Waals surface area contributed by atoms with Gasteiger partial charge in [-0.3, -0.25) is 9.59 Å². The number of hydrogen-bond acceptors (Lipinski definition) is 3. The monoisotopic (exact) mass is 418 g/mol. The Morgan fingerprint density at radius 2 is 1.81 bits per heavy atom. The largest absolute Gasteiger partial charge is 0.481 e. The molecule has 0 aliphatic rings. The van der Waals surface area contributed by atoms with Gasteiger partial charge in [0.1, 0.15) is 5.75 Å². The Bertz CT molecular complexity index is 775. The van der Waals surface area contributed by atoms with Gasteiger partial charge in [0.15, 0.2) is 6.10 Å². The van der Waals surface area contributed by atoms with E-state index in [0.717, 1.165) is 21.3 Å². The Hall–Kier alpha value is -2.34. The highest BCUT2D eigenvalue weighted by atomic mass is 79.9. The zero-order valence-electron chi connectivity index (χ0n) is 15.1. The molecule has 138 valence electrons. The summed E-state index contributed by atoms with van der Waals surface area (Å²) in [7, 11) is 0. The minimum absolute atomic E-state index is 0.154. The molecule has 0 aliphatic heterocycles. The van der Waals surface area contributed by atoms with Crippen LogP contribution in [0, 0.1) is 13.8 Å². The Balaban J connectivity index is 1.75. The molecule has 0 saturated carbocycles. The first kappa shape index (κ1) is 20.0. The second-order valence-corrected chi connectivity index (χ2v) is 7.04. The zero-order chi connectivity index (χ0) is 19.1. The number of anilines is 1. The maximum Gasteiger partial charge on any atom is 0.260 e. The van der Waals surface area contributed by atoms with Gasteiger partial charge in [0, 0.05) is 23.1 Å². The van der Waals surface area contributed by atoms with Crippen LogP contribution in [0.1, 0.15) is 24.5 Å². The lowest BCUT2D eigenvalue weighted by Gasteiger charge is -2.15. The lowest BCUT2D eigenvalue weighted by Crippen LogP contribution is -2.37. The minimum atomic E-state index is -0.631. The van der Waals surface area contributed by atoms with Gasteiger partial charge in [-0.25, -0.2) is 0 Å². The van der Waals surface area contributed by atoms with E-state index in [2.05, 4.69) is 26.6 Å². The molecule has 0 radical (unpaired) electrons. The summed E-state index contributed by atoms with van der Waals surface area (Å²) in [5, 5.41) is 5.57. The van der Waals surface area contributed by atoms with Crippen LogP contribution in [0.4, 0.5) is 5.69 Å². The molecule has 0 fully saturated rings. The summed E-state index contributed by atoms with van der Waals surface area (Å²) >= 11 is 3.38. The molecule has 2 N–H and O–H groups in total. The predicted octanol–water partition coefficient (Wildman–Crippen LogP) is 3.98. The first-order chi connectivity index (χ1) is 12.3. The van der Waals surface area contributed by atoms with Crippen molar-refractivity contribution in [3.8, 4) is 5.75 Å². The van der Waals surface area contributed by atoms with Gasteiger partial charge in [-0.15, -0.1) is 0 Å². The number of halogens is 1. The van der Waals surface area contributed by atoms with Crippen LogP contribution in [-0.4, -0.2) is 24.5 Å². The van der Waals surface area contributed by atoms with Gasteiger partial charge < -0.3 is 15.4 Å². The van der Waals surface area contributed by atoms with Gasteiger partial charge in [0.25, 0.3) is 5.91 Å². The maximum absolute atomic E-state index is 12.1. The fourth-order valence-corrected chi connectivity index (χ4v) is 2.62. The van der Waals surface area contributed by atoms with E-state index < -0.39 is 6.10 Å². The third kappa shape index (κ3) is 6.19. The number of ether oxygens (including phenoxy) is 1. The van der Waals surface area contributed by atoms with Crippen LogP contribution in [0.2, 0.25) is 0 Å². The average molecular weight is 419 g/mol. The molecule has 0 aliphatic carbocycles. The second kappa shape index (κ2) is 9.38. The van der Waals surface area contributed by atoms with Gasteiger partial charge >= 0.3 is 0 Å². The summed E-state index contributed by atoms with van der Waals surface area (Å²) in [6, 6.07) is 13.2. The number of benzene rings is 2. The molecule has 6 heteroatoms. The van der Waals surface area contributed by atoms with E-state index in [4.69, 9.17) is 4.74 Å². The van der Waals surface area contributed by atoms with Crippen LogP contribution in [0.3, 0.4) is 0 Å². The number of nitrogens with one attached hydrogen (secondary N) is 2. The fourth-order valence-electron chi connectivity index (χ4n) is 2.26. The van der Waals surface area contributed by atoms with E-state index in [1.54, 1.807) is 6.92 Å². The Labute approximate surface area is 162 Å². The van der Waals surface area contributed by atoms with E-state index in [1.807, 2.05) is 56.3 Å². The van der Waals surface area contributed by atoms with Crippen LogP contribution in [0.5, 0.6) is 5.75 Å². The van der Waals surface area contributed by atoms with E-state index in [9.17, 15) is 9.59 Å². The van der Waals surface area contributed by atoms with Gasteiger partial charge in [-0.2, -0.15) is 0 Å². The van der Waals surface area contributed by atoms with Crippen LogP contribution in [-0.2, 0) is 9.59 Å². The number of aryl methyl sites for hydroxylation is 2. The molecular weight excluding hydrogens is 396 g/mol. The van der Waals surface area contributed by atoms with Gasteiger partial charge in [-0.05, 0) is 50.6 Å². The summed E-state index contributed by atoms with van der Waals surface area (Å²) in [5.41, 5.74) is 2.86. The third-order valence-electron chi connectivity index (χ3n) is 3.83. The molecule has 26 heavy (non-hydrogen) atoms. The molecule has 1 unspecified atom stereocenters. The molecule has 0 saturated heterocycles. The van der Waals surface area contributed by atoms with Crippen LogP contribution in [0.25, 0.3) is 0 Å². The zero-order valence-corrected chi connectivity index (χ0v) is 16.7. The smallest absolute Gasteiger partial charge is 0.260 e. The second-order valence-electron chi connectivity index (χ2n) is 6.12. The highest BCUT2D eigenvalue weighted by molar-refractivity contribution is 9.10. The standard InChI is InChI=1S/C20H23BrN2O3/c1-13-4-8-17(9-5-13)26-15(3)20(25)22-11-10-19(24)23-18-12-16(21)7-6-14(18)2/h4-9,12,15H,10-11H2,1-3H3,(H,22,25)(H,23,24). The molecule has 2 amide bonds. The van der Waals surface area contributed by atoms with Gasteiger partial charge in [-0.1, -0.05) is 39.7 Å². The van der Waals surface area contributed by atoms with Crippen molar-refractivity contribution in [1.29, 1.82) is 0 Å². The maximum atomic E-state index is 12.1. The normalized spacial score (nSPS) is 11.5. The van der Waals surface area contributed by atoms with Crippen molar-refractivity contribution in [3.63, 3.8) is 0 Å². The van der Waals surface area contributed by atoms with Crippen molar-refractivity contribution in [1.82, 2.24) is 5.32 Å². The van der Waals surface area contributed by atoms with Crippen molar-refractivity contribution in [2.45, 2.75) is 33.3 Å². The highest BCUT2D eigenvalue weighted by Gasteiger charge is 2.14. The van der Waals surface area contributed by atoms with Crippen molar-refractivity contribution < 1.29 is 14.3 Å². The molecule has 5 nitrogen and oxygen atoms in total. The minimum Gasteiger partial charge on any atom is -0.481 e. The molecule has 2 aromatic carbocycles. The number of carbonyl (C=O) groups excluding carboxylic acids is 2. The molecule has 2 aromatic rings. The number of amides is 2. The van der Waals surface area contributed by atoms with E-state index in [-0.39, 0.29) is 24.8 Å². The van der Waals surface area contributed by atoms with Crippen molar-refractivity contribution in [3.05, 3.63) is 58.1 Å². The number of carbonyl (C=O) groups is 2. The molecular formula is C20H23BrN2O3. The summed E-state index contributed by atoms with van der Waals surface area (Å²) < 4.78 is 6.49. The van der Waals surface area contributed by atoms with E-state index >= 15 is 0 Å². The molecule has 0 aromatic heterocycles. The Morgan fingerprint density at radius 1 is 1.12 bits per heavy atom. The fraction of sp³-hybridized carbons (Fsp3) is 0.300. The van der Waals surface area contributed by atoms with E-state index in [0.29, 0.717) is 5.75 Å². The quantitative estimate of drug-likeness (QED) is 0.714. The predicted molar refractivity (Wildman–Crippen MR) is 106 cm³/mol.